The van der Waals surface area contributed by atoms with Gasteiger partial charge in [0, 0.05) is 17.3 Å². The molecule has 1 N–H and O–H groups in total. The van der Waals surface area contributed by atoms with Crippen LogP contribution in [-0.4, -0.2) is 15.9 Å². The van der Waals surface area contributed by atoms with Crippen molar-refractivity contribution in [3.8, 4) is 0 Å². The third-order valence-electron chi connectivity index (χ3n) is 2.18. The molecule has 0 unspecified atom stereocenters. The first-order valence-corrected chi connectivity index (χ1v) is 5.75. The summed E-state index contributed by atoms with van der Waals surface area (Å²) in [5.74, 6) is 0.251. The van der Waals surface area contributed by atoms with Crippen molar-refractivity contribution in [3.05, 3.63) is 41.0 Å². The molecule has 0 aromatic carbocycles. The van der Waals surface area contributed by atoms with Crippen LogP contribution in [0.2, 0.25) is 0 Å². The standard InChI is InChI=1S/C11H11N3OS/c1-8(9-3-2-6-16-9)11(15)14-10-7-12-4-5-13-10/h2-8H,1H3,(H,13,14,15)/t8-/m1/s1. The van der Waals surface area contributed by atoms with Crippen molar-refractivity contribution < 1.29 is 4.79 Å². The van der Waals surface area contributed by atoms with Gasteiger partial charge in [0.2, 0.25) is 5.91 Å². The molecular weight excluding hydrogens is 222 g/mol. The van der Waals surface area contributed by atoms with E-state index in [4.69, 9.17) is 0 Å². The molecule has 82 valence electrons. The molecule has 0 aliphatic carbocycles. The van der Waals surface area contributed by atoms with Gasteiger partial charge in [-0.2, -0.15) is 0 Å². The van der Waals surface area contributed by atoms with Gasteiger partial charge in [0.15, 0.2) is 5.82 Å². The maximum atomic E-state index is 11.8. The van der Waals surface area contributed by atoms with Crippen molar-refractivity contribution in [3.63, 3.8) is 0 Å². The van der Waals surface area contributed by atoms with Crippen molar-refractivity contribution in [2.24, 2.45) is 0 Å². The van der Waals surface area contributed by atoms with Crippen molar-refractivity contribution in [1.29, 1.82) is 0 Å². The molecule has 2 aromatic heterocycles. The minimum Gasteiger partial charge on any atom is -0.309 e. The number of hydrogen-bond donors (Lipinski definition) is 1. The lowest BCUT2D eigenvalue weighted by molar-refractivity contribution is -0.117. The van der Waals surface area contributed by atoms with E-state index in [0.29, 0.717) is 5.82 Å². The van der Waals surface area contributed by atoms with Crippen LogP contribution in [0.1, 0.15) is 17.7 Å². The molecule has 0 saturated heterocycles. The van der Waals surface area contributed by atoms with E-state index in [-0.39, 0.29) is 11.8 Å². The first-order valence-electron chi connectivity index (χ1n) is 4.87. The van der Waals surface area contributed by atoms with E-state index in [9.17, 15) is 4.79 Å². The zero-order valence-electron chi connectivity index (χ0n) is 8.75. The highest BCUT2D eigenvalue weighted by Crippen LogP contribution is 2.21. The number of aromatic nitrogens is 2. The van der Waals surface area contributed by atoms with Crippen LogP contribution in [0.4, 0.5) is 5.82 Å². The summed E-state index contributed by atoms with van der Waals surface area (Å²) < 4.78 is 0. The fourth-order valence-electron chi connectivity index (χ4n) is 1.26. The molecule has 0 radical (unpaired) electrons. The lowest BCUT2D eigenvalue weighted by atomic mass is 10.1. The van der Waals surface area contributed by atoms with E-state index in [1.165, 1.54) is 6.20 Å². The molecule has 2 rings (SSSR count). The third kappa shape index (κ3) is 2.43. The van der Waals surface area contributed by atoms with Gasteiger partial charge in [0.05, 0.1) is 12.1 Å². The van der Waals surface area contributed by atoms with Gasteiger partial charge in [-0.15, -0.1) is 11.3 Å². The number of carbonyl (C=O) groups is 1. The third-order valence-corrected chi connectivity index (χ3v) is 3.23. The van der Waals surface area contributed by atoms with Gasteiger partial charge in [0.1, 0.15) is 0 Å². The Kier molecular flexibility index (Phi) is 3.26. The van der Waals surface area contributed by atoms with Gasteiger partial charge in [-0.05, 0) is 18.4 Å². The number of rotatable bonds is 3. The SMILES string of the molecule is C[C@@H](C(=O)Nc1cnccn1)c1cccs1. The summed E-state index contributed by atoms with van der Waals surface area (Å²) in [6.07, 6.45) is 4.64. The molecule has 1 atom stereocenters. The van der Waals surface area contributed by atoms with Crippen LogP contribution in [0.5, 0.6) is 0 Å². The zero-order valence-corrected chi connectivity index (χ0v) is 9.57. The van der Waals surface area contributed by atoms with E-state index in [1.807, 2.05) is 24.4 Å². The summed E-state index contributed by atoms with van der Waals surface area (Å²) in [4.78, 5) is 20.8. The van der Waals surface area contributed by atoms with E-state index in [1.54, 1.807) is 23.7 Å². The fourth-order valence-corrected chi connectivity index (χ4v) is 2.05. The highest BCUT2D eigenvalue weighted by molar-refractivity contribution is 7.10. The molecule has 0 bridgehead atoms. The summed E-state index contributed by atoms with van der Waals surface area (Å²) in [6.45, 7) is 1.87. The molecular formula is C11H11N3OS. The van der Waals surface area contributed by atoms with Crippen LogP contribution in [0.15, 0.2) is 36.1 Å². The maximum Gasteiger partial charge on any atom is 0.233 e. The summed E-state index contributed by atoms with van der Waals surface area (Å²) in [5.41, 5.74) is 0. The predicted molar refractivity (Wildman–Crippen MR) is 63.4 cm³/mol. The molecule has 0 aliphatic rings. The fraction of sp³-hybridized carbons (Fsp3) is 0.182. The molecule has 0 aliphatic heterocycles. The van der Waals surface area contributed by atoms with Crippen LogP contribution in [-0.2, 0) is 4.79 Å². The minimum absolute atomic E-state index is 0.0667. The Balaban J connectivity index is 2.04. The summed E-state index contributed by atoms with van der Waals surface area (Å²) in [5, 5.41) is 4.68. The molecule has 0 fully saturated rings. The van der Waals surface area contributed by atoms with Crippen LogP contribution < -0.4 is 5.32 Å². The highest BCUT2D eigenvalue weighted by atomic mass is 32.1. The Morgan fingerprint density at radius 1 is 1.50 bits per heavy atom. The second-order valence-electron chi connectivity index (χ2n) is 3.32. The molecule has 16 heavy (non-hydrogen) atoms. The summed E-state index contributed by atoms with van der Waals surface area (Å²) in [6, 6.07) is 3.89. The Bertz CT molecular complexity index is 455. The van der Waals surface area contributed by atoms with E-state index in [0.717, 1.165) is 4.88 Å². The first kappa shape index (κ1) is 10.8. The number of carbonyl (C=O) groups excluding carboxylic acids is 1. The largest absolute Gasteiger partial charge is 0.309 e. The summed E-state index contributed by atoms with van der Waals surface area (Å²) >= 11 is 1.57. The lowest BCUT2D eigenvalue weighted by Gasteiger charge is -2.09. The maximum absolute atomic E-state index is 11.8. The van der Waals surface area contributed by atoms with Gasteiger partial charge in [0.25, 0.3) is 0 Å². The Labute approximate surface area is 97.4 Å². The quantitative estimate of drug-likeness (QED) is 0.884. The average Bonchev–Trinajstić information content (AvgIpc) is 2.83. The molecule has 1 amide bonds. The highest BCUT2D eigenvalue weighted by Gasteiger charge is 2.16. The van der Waals surface area contributed by atoms with E-state index in [2.05, 4.69) is 15.3 Å². The van der Waals surface area contributed by atoms with Crippen molar-refractivity contribution in [1.82, 2.24) is 9.97 Å². The van der Waals surface area contributed by atoms with Crippen LogP contribution in [0.3, 0.4) is 0 Å². The van der Waals surface area contributed by atoms with E-state index < -0.39 is 0 Å². The van der Waals surface area contributed by atoms with Crippen molar-refractivity contribution in [2.45, 2.75) is 12.8 Å². The topological polar surface area (TPSA) is 54.9 Å². The second-order valence-corrected chi connectivity index (χ2v) is 4.30. The lowest BCUT2D eigenvalue weighted by Crippen LogP contribution is -2.18. The predicted octanol–water partition coefficient (Wildman–Crippen LogP) is 2.28. The zero-order chi connectivity index (χ0) is 11.4. The smallest absolute Gasteiger partial charge is 0.233 e. The van der Waals surface area contributed by atoms with Crippen molar-refractivity contribution >= 4 is 23.1 Å². The Hall–Kier alpha value is -1.75. The number of amides is 1. The monoisotopic (exact) mass is 233 g/mol. The Morgan fingerprint density at radius 3 is 3.00 bits per heavy atom. The molecule has 0 spiro atoms. The molecule has 2 aromatic rings. The number of thiophene rings is 1. The molecule has 5 heteroatoms. The van der Waals surface area contributed by atoms with Gasteiger partial charge in [-0.25, -0.2) is 4.98 Å². The summed E-state index contributed by atoms with van der Waals surface area (Å²) in [7, 11) is 0. The average molecular weight is 233 g/mol. The van der Waals surface area contributed by atoms with Crippen molar-refractivity contribution in [2.75, 3.05) is 5.32 Å². The van der Waals surface area contributed by atoms with Crippen LogP contribution in [0.25, 0.3) is 0 Å². The van der Waals surface area contributed by atoms with Crippen LogP contribution in [0, 0.1) is 0 Å². The number of nitrogens with one attached hydrogen (secondary N) is 1. The van der Waals surface area contributed by atoms with Gasteiger partial charge < -0.3 is 5.32 Å². The molecule has 2 heterocycles. The normalized spacial score (nSPS) is 12.1. The number of hydrogen-bond acceptors (Lipinski definition) is 4. The van der Waals surface area contributed by atoms with E-state index >= 15 is 0 Å². The molecule has 4 nitrogen and oxygen atoms in total. The Morgan fingerprint density at radius 2 is 2.38 bits per heavy atom. The molecule has 0 saturated carbocycles. The first-order chi connectivity index (χ1) is 7.77. The van der Waals surface area contributed by atoms with Gasteiger partial charge >= 0.3 is 0 Å². The van der Waals surface area contributed by atoms with Gasteiger partial charge in [-0.1, -0.05) is 6.07 Å². The minimum atomic E-state index is -0.165. The van der Waals surface area contributed by atoms with Crippen LogP contribution >= 0.6 is 11.3 Å². The number of anilines is 1. The second kappa shape index (κ2) is 4.85. The van der Waals surface area contributed by atoms with Gasteiger partial charge in [-0.3, -0.25) is 9.78 Å². The number of nitrogens with zero attached hydrogens (tertiary/aromatic N) is 2.